The zero-order chi connectivity index (χ0) is 10.5. The molecule has 1 aliphatic carbocycles. The molecule has 1 saturated heterocycles. The van der Waals surface area contributed by atoms with Gasteiger partial charge in [-0.2, -0.15) is 11.8 Å². The Labute approximate surface area is 98.8 Å². The summed E-state index contributed by atoms with van der Waals surface area (Å²) in [4.78, 5) is 0. The van der Waals surface area contributed by atoms with Crippen LogP contribution in [0, 0.1) is 11.8 Å². The second-order valence-corrected chi connectivity index (χ2v) is 6.52. The summed E-state index contributed by atoms with van der Waals surface area (Å²) in [5.74, 6) is 4.73. The van der Waals surface area contributed by atoms with E-state index in [9.17, 15) is 0 Å². The van der Waals surface area contributed by atoms with Gasteiger partial charge in [0.15, 0.2) is 0 Å². The molecule has 0 spiro atoms. The van der Waals surface area contributed by atoms with Crippen LogP contribution in [-0.2, 0) is 0 Å². The molecule has 1 saturated carbocycles. The number of hydrogen-bond donors (Lipinski definition) is 1. The Morgan fingerprint density at radius 2 is 1.80 bits per heavy atom. The van der Waals surface area contributed by atoms with Crippen molar-refractivity contribution < 1.29 is 0 Å². The Kier molecular flexibility index (Phi) is 4.83. The molecule has 1 heterocycles. The topological polar surface area (TPSA) is 12.0 Å². The highest BCUT2D eigenvalue weighted by atomic mass is 32.2. The number of nitrogens with one attached hydrogen (secondary N) is 1. The first-order chi connectivity index (χ1) is 7.36. The van der Waals surface area contributed by atoms with Gasteiger partial charge in [0.25, 0.3) is 0 Å². The van der Waals surface area contributed by atoms with Gasteiger partial charge in [-0.05, 0) is 62.5 Å². The van der Waals surface area contributed by atoms with Crippen LogP contribution in [0.25, 0.3) is 0 Å². The van der Waals surface area contributed by atoms with Crippen molar-refractivity contribution in [3.63, 3.8) is 0 Å². The fraction of sp³-hybridized carbons (Fsp3) is 1.00. The monoisotopic (exact) mass is 227 g/mol. The second-order valence-electron chi connectivity index (χ2n) is 5.30. The van der Waals surface area contributed by atoms with E-state index in [2.05, 4.69) is 24.0 Å². The van der Waals surface area contributed by atoms with Crippen LogP contribution in [0.3, 0.4) is 0 Å². The molecule has 0 radical (unpaired) electrons. The van der Waals surface area contributed by atoms with Crippen molar-refractivity contribution in [3.05, 3.63) is 0 Å². The summed E-state index contributed by atoms with van der Waals surface area (Å²) in [5.41, 5.74) is 0. The van der Waals surface area contributed by atoms with E-state index in [4.69, 9.17) is 0 Å². The van der Waals surface area contributed by atoms with E-state index in [0.29, 0.717) is 0 Å². The summed E-state index contributed by atoms with van der Waals surface area (Å²) in [6.45, 7) is 3.67. The molecule has 0 aromatic heterocycles. The van der Waals surface area contributed by atoms with E-state index in [0.717, 1.165) is 17.9 Å². The fourth-order valence-corrected chi connectivity index (χ4v) is 4.13. The second kappa shape index (κ2) is 6.15. The van der Waals surface area contributed by atoms with Crippen molar-refractivity contribution in [2.24, 2.45) is 11.8 Å². The Morgan fingerprint density at radius 1 is 1.13 bits per heavy atom. The third-order valence-corrected chi connectivity index (χ3v) is 5.23. The van der Waals surface area contributed by atoms with Crippen LogP contribution in [0.1, 0.15) is 45.4 Å². The van der Waals surface area contributed by atoms with Crippen molar-refractivity contribution in [2.75, 3.05) is 18.1 Å². The summed E-state index contributed by atoms with van der Waals surface area (Å²) in [7, 11) is 0. The summed E-state index contributed by atoms with van der Waals surface area (Å²) < 4.78 is 0. The van der Waals surface area contributed by atoms with Crippen LogP contribution in [0.15, 0.2) is 0 Å². The summed E-state index contributed by atoms with van der Waals surface area (Å²) >= 11 is 2.13. The summed E-state index contributed by atoms with van der Waals surface area (Å²) in [6.07, 6.45) is 8.75. The van der Waals surface area contributed by atoms with Crippen molar-refractivity contribution in [3.8, 4) is 0 Å². The molecule has 2 aliphatic rings. The molecule has 2 heteroatoms. The standard InChI is InChI=1S/C13H25NS/c1-11(13-4-2-3-5-13)14-10-12-6-8-15-9-7-12/h11-14H,2-10H2,1H3. The summed E-state index contributed by atoms with van der Waals surface area (Å²) in [5, 5.41) is 3.78. The number of thioether (sulfide) groups is 1. The van der Waals surface area contributed by atoms with Gasteiger partial charge in [-0.3, -0.25) is 0 Å². The van der Waals surface area contributed by atoms with Crippen LogP contribution in [0.2, 0.25) is 0 Å². The fourth-order valence-electron chi connectivity index (χ4n) is 2.93. The van der Waals surface area contributed by atoms with Gasteiger partial charge in [0, 0.05) is 6.04 Å². The largest absolute Gasteiger partial charge is 0.314 e. The molecule has 1 aliphatic heterocycles. The van der Waals surface area contributed by atoms with E-state index in [1.807, 2.05) is 0 Å². The Bertz CT molecular complexity index is 171. The van der Waals surface area contributed by atoms with E-state index in [1.165, 1.54) is 56.6 Å². The molecule has 0 amide bonds. The Hall–Kier alpha value is 0.310. The maximum Gasteiger partial charge on any atom is 0.00671 e. The lowest BCUT2D eigenvalue weighted by Crippen LogP contribution is -2.36. The van der Waals surface area contributed by atoms with Gasteiger partial charge < -0.3 is 5.32 Å². The normalized spacial score (nSPS) is 27.0. The predicted molar refractivity (Wildman–Crippen MR) is 69.5 cm³/mol. The predicted octanol–water partition coefficient (Wildman–Crippen LogP) is 3.30. The van der Waals surface area contributed by atoms with Crippen LogP contribution in [0.4, 0.5) is 0 Å². The van der Waals surface area contributed by atoms with E-state index < -0.39 is 0 Å². The van der Waals surface area contributed by atoms with Crippen LogP contribution >= 0.6 is 11.8 Å². The quantitative estimate of drug-likeness (QED) is 0.791. The molecule has 1 N–H and O–H groups in total. The molecule has 2 fully saturated rings. The minimum atomic E-state index is 0.766. The molecule has 0 bridgehead atoms. The number of rotatable bonds is 4. The van der Waals surface area contributed by atoms with Gasteiger partial charge in [-0.1, -0.05) is 12.8 Å². The maximum absolute atomic E-state index is 3.78. The highest BCUT2D eigenvalue weighted by Crippen LogP contribution is 2.28. The lowest BCUT2D eigenvalue weighted by Gasteiger charge is -2.26. The van der Waals surface area contributed by atoms with Crippen LogP contribution in [0.5, 0.6) is 0 Å². The minimum absolute atomic E-state index is 0.766. The third-order valence-electron chi connectivity index (χ3n) is 4.18. The van der Waals surface area contributed by atoms with Gasteiger partial charge >= 0.3 is 0 Å². The van der Waals surface area contributed by atoms with Crippen molar-refractivity contribution >= 4 is 11.8 Å². The SMILES string of the molecule is CC(NCC1CCSCC1)C1CCCC1. The first-order valence-corrected chi connectivity index (χ1v) is 7.83. The lowest BCUT2D eigenvalue weighted by molar-refractivity contribution is 0.343. The van der Waals surface area contributed by atoms with Crippen molar-refractivity contribution in [2.45, 2.75) is 51.5 Å². The van der Waals surface area contributed by atoms with Gasteiger partial charge in [0.2, 0.25) is 0 Å². The lowest BCUT2D eigenvalue weighted by atomic mass is 9.97. The molecule has 0 aromatic carbocycles. The molecule has 1 atom stereocenters. The minimum Gasteiger partial charge on any atom is -0.314 e. The average Bonchev–Trinajstić information content (AvgIpc) is 2.81. The van der Waals surface area contributed by atoms with Gasteiger partial charge in [0.05, 0.1) is 0 Å². The summed E-state index contributed by atoms with van der Waals surface area (Å²) in [6, 6.07) is 0.766. The Balaban J connectivity index is 1.63. The average molecular weight is 227 g/mol. The molecule has 1 unspecified atom stereocenters. The first-order valence-electron chi connectivity index (χ1n) is 6.67. The highest BCUT2D eigenvalue weighted by molar-refractivity contribution is 7.99. The molecule has 0 aromatic rings. The van der Waals surface area contributed by atoms with Gasteiger partial charge in [-0.15, -0.1) is 0 Å². The smallest absolute Gasteiger partial charge is 0.00671 e. The number of hydrogen-bond acceptors (Lipinski definition) is 2. The van der Waals surface area contributed by atoms with Gasteiger partial charge in [-0.25, -0.2) is 0 Å². The molecule has 2 rings (SSSR count). The van der Waals surface area contributed by atoms with Crippen LogP contribution in [-0.4, -0.2) is 24.1 Å². The highest BCUT2D eigenvalue weighted by Gasteiger charge is 2.22. The van der Waals surface area contributed by atoms with Gasteiger partial charge in [0.1, 0.15) is 0 Å². The maximum atomic E-state index is 3.78. The van der Waals surface area contributed by atoms with Crippen LogP contribution < -0.4 is 5.32 Å². The van der Waals surface area contributed by atoms with E-state index in [-0.39, 0.29) is 0 Å². The van der Waals surface area contributed by atoms with E-state index in [1.54, 1.807) is 0 Å². The Morgan fingerprint density at radius 3 is 2.47 bits per heavy atom. The molecular weight excluding hydrogens is 202 g/mol. The first kappa shape index (κ1) is 11.8. The van der Waals surface area contributed by atoms with Crippen molar-refractivity contribution in [1.29, 1.82) is 0 Å². The van der Waals surface area contributed by atoms with E-state index >= 15 is 0 Å². The third kappa shape index (κ3) is 3.67. The zero-order valence-corrected chi connectivity index (χ0v) is 10.8. The molecule has 15 heavy (non-hydrogen) atoms. The molecule has 88 valence electrons. The zero-order valence-electron chi connectivity index (χ0n) is 10.0. The van der Waals surface area contributed by atoms with Crippen molar-refractivity contribution in [1.82, 2.24) is 5.32 Å². The molecular formula is C13H25NS. The molecule has 1 nitrogen and oxygen atoms in total.